The third-order valence-corrected chi connectivity index (χ3v) is 2.11. The molecule has 0 heterocycles. The Labute approximate surface area is 168 Å². The van der Waals surface area contributed by atoms with E-state index >= 15 is 0 Å². The van der Waals surface area contributed by atoms with E-state index in [1.54, 1.807) is 42.3 Å². The Morgan fingerprint density at radius 2 is 1.42 bits per heavy atom. The van der Waals surface area contributed by atoms with Crippen LogP contribution in [0.4, 0.5) is 0 Å². The molecule has 0 aromatic rings. The van der Waals surface area contributed by atoms with Crippen LogP contribution in [-0.4, -0.2) is 42.3 Å². The minimum Gasteiger partial charge on any atom is -0.668 e. The fraction of sp³-hybridized carbons (Fsp3) is 0.600. The molecule has 0 aliphatic heterocycles. The maximum atomic E-state index is 3.56. The van der Waals surface area contributed by atoms with Gasteiger partial charge < -0.3 is 16.0 Å². The van der Waals surface area contributed by atoms with Gasteiger partial charge >= 0.3 is 21.7 Å². The van der Waals surface area contributed by atoms with Gasteiger partial charge in [-0.25, -0.2) is 12.2 Å². The van der Waals surface area contributed by atoms with E-state index in [0.29, 0.717) is 0 Å². The molecule has 24 heavy (non-hydrogen) atoms. The zero-order valence-electron chi connectivity index (χ0n) is 17.6. The fourth-order valence-corrected chi connectivity index (χ4v) is 0.881. The van der Waals surface area contributed by atoms with Crippen LogP contribution in [0.5, 0.6) is 0 Å². The molecule has 0 fully saturated rings. The fourth-order valence-electron chi connectivity index (χ4n) is 0.881. The minimum atomic E-state index is 0. The quantitative estimate of drug-likeness (QED) is 0.295. The monoisotopic (exact) mass is 369 g/mol. The van der Waals surface area contributed by atoms with Crippen LogP contribution in [0.3, 0.4) is 0 Å². The van der Waals surface area contributed by atoms with E-state index in [-0.39, 0.29) is 27.1 Å². The summed E-state index contributed by atoms with van der Waals surface area (Å²) < 4.78 is 0. The first kappa shape index (κ1) is 34.8. The van der Waals surface area contributed by atoms with Crippen LogP contribution < -0.4 is 0 Å². The largest absolute Gasteiger partial charge is 4.00 e. The van der Waals surface area contributed by atoms with Crippen LogP contribution in [0.15, 0.2) is 42.5 Å². The molecular weight excluding hydrogens is 330 g/mol. The molecule has 1 aliphatic rings. The van der Waals surface area contributed by atoms with Crippen molar-refractivity contribution >= 4 is 0 Å². The molecule has 0 radical (unpaired) electrons. The van der Waals surface area contributed by atoms with Crippen LogP contribution in [-0.2, 0) is 21.7 Å². The van der Waals surface area contributed by atoms with Gasteiger partial charge in [0.1, 0.15) is 0 Å². The summed E-state index contributed by atoms with van der Waals surface area (Å²) in [5, 5.41) is 10.5. The maximum Gasteiger partial charge on any atom is 4.00 e. The van der Waals surface area contributed by atoms with Crippen molar-refractivity contribution in [3.63, 3.8) is 0 Å². The number of hydrogen-bond donors (Lipinski definition) is 0. The van der Waals surface area contributed by atoms with Gasteiger partial charge in [-0.05, 0) is 13.8 Å². The average molecular weight is 369 g/mol. The SMILES string of the molecule is C=CC(C)=CC.CC1(C)[C-]=CC=CC1.C[N-]C.C[N-]C.C[N-]C.[Ti+4]. The van der Waals surface area contributed by atoms with E-state index in [1.165, 1.54) is 5.57 Å². The maximum absolute atomic E-state index is 3.56. The summed E-state index contributed by atoms with van der Waals surface area (Å²) in [5.41, 5.74) is 1.52. The molecule has 1 aliphatic carbocycles. The molecule has 0 atom stereocenters. The van der Waals surface area contributed by atoms with Crippen LogP contribution in [0, 0.1) is 11.5 Å². The number of nitrogens with zero attached hydrogens (tertiary/aromatic N) is 3. The molecule has 0 amide bonds. The second-order valence-corrected chi connectivity index (χ2v) is 5.41. The van der Waals surface area contributed by atoms with Gasteiger partial charge in [0.05, 0.1) is 0 Å². The van der Waals surface area contributed by atoms with Gasteiger partial charge in [-0.1, -0.05) is 50.0 Å². The second kappa shape index (κ2) is 30.4. The van der Waals surface area contributed by atoms with Crippen molar-refractivity contribution in [2.45, 2.75) is 34.1 Å². The first-order valence-electron chi connectivity index (χ1n) is 7.71. The van der Waals surface area contributed by atoms with Crippen molar-refractivity contribution in [2.24, 2.45) is 5.41 Å². The van der Waals surface area contributed by atoms with Crippen LogP contribution in [0.2, 0.25) is 0 Å². The standard InChI is InChI=1S/C8H11.C6H10.3C2H6N.Ti/c1-8(2)6-4-3-5-7-8;1-4-6(3)5-2;3*1-3-2;/h3-5H,6H2,1-2H3;4-5H,1H2,2-3H3;3*1-2H3;/q-1;;3*-1;+4. The summed E-state index contributed by atoms with van der Waals surface area (Å²) in [4.78, 5) is 0. The molecule has 3 nitrogen and oxygen atoms in total. The Balaban J connectivity index is -0.0000000674. The van der Waals surface area contributed by atoms with E-state index in [4.69, 9.17) is 0 Å². The number of hydrogen-bond acceptors (Lipinski definition) is 0. The first-order valence-corrected chi connectivity index (χ1v) is 7.71. The summed E-state index contributed by atoms with van der Waals surface area (Å²) in [7, 11) is 10.5. The molecule has 4 heteroatoms. The molecule has 0 aromatic carbocycles. The molecule has 0 N–H and O–H groups in total. The zero-order chi connectivity index (χ0) is 19.1. The molecule has 0 aromatic heterocycles. The van der Waals surface area contributed by atoms with E-state index in [9.17, 15) is 0 Å². The van der Waals surface area contributed by atoms with Gasteiger partial charge in [0, 0.05) is 0 Å². The zero-order valence-corrected chi connectivity index (χ0v) is 19.2. The molecule has 0 unspecified atom stereocenters. The van der Waals surface area contributed by atoms with Crippen molar-refractivity contribution in [1.29, 1.82) is 0 Å². The van der Waals surface area contributed by atoms with Gasteiger partial charge in [0.25, 0.3) is 0 Å². The summed E-state index contributed by atoms with van der Waals surface area (Å²) >= 11 is 0. The molecule has 0 saturated carbocycles. The van der Waals surface area contributed by atoms with Crippen molar-refractivity contribution in [2.75, 3.05) is 42.3 Å². The smallest absolute Gasteiger partial charge is 0.668 e. The second-order valence-electron chi connectivity index (χ2n) is 5.41. The normalized spacial score (nSPS) is 13.0. The number of rotatable bonds is 1. The topological polar surface area (TPSA) is 42.3 Å². The van der Waals surface area contributed by atoms with Crippen LogP contribution >= 0.6 is 0 Å². The minimum absolute atomic E-state index is 0. The molecule has 1 rings (SSSR count). The first-order chi connectivity index (χ1) is 10.8. The molecule has 0 saturated heterocycles. The third kappa shape index (κ3) is 49.6. The van der Waals surface area contributed by atoms with Gasteiger partial charge in [0.2, 0.25) is 0 Å². The van der Waals surface area contributed by atoms with Crippen molar-refractivity contribution in [3.05, 3.63) is 64.6 Å². The van der Waals surface area contributed by atoms with Gasteiger partial charge in [-0.15, -0.1) is 0 Å². The van der Waals surface area contributed by atoms with Gasteiger partial charge in [-0.2, -0.15) is 48.4 Å². The molecular formula is C20H39N3Ti. The predicted molar refractivity (Wildman–Crippen MR) is 111 cm³/mol. The van der Waals surface area contributed by atoms with Gasteiger partial charge in [0.15, 0.2) is 0 Å². The van der Waals surface area contributed by atoms with Gasteiger partial charge in [-0.3, -0.25) is 6.08 Å². The average Bonchev–Trinajstić information content (AvgIpc) is 2.49. The van der Waals surface area contributed by atoms with Crippen molar-refractivity contribution < 1.29 is 21.7 Å². The summed E-state index contributed by atoms with van der Waals surface area (Å²) in [5.74, 6) is 0. The van der Waals surface area contributed by atoms with E-state index in [0.717, 1.165) is 6.42 Å². The van der Waals surface area contributed by atoms with Crippen LogP contribution in [0.1, 0.15) is 34.1 Å². The molecule has 0 bridgehead atoms. The Hall–Kier alpha value is -0.446. The summed E-state index contributed by atoms with van der Waals surface area (Å²) in [6, 6.07) is 0. The third-order valence-electron chi connectivity index (χ3n) is 2.11. The summed E-state index contributed by atoms with van der Waals surface area (Å²) in [6.07, 6.45) is 14.4. The van der Waals surface area contributed by atoms with Crippen molar-refractivity contribution in [3.8, 4) is 0 Å². The van der Waals surface area contributed by atoms with Crippen LogP contribution in [0.25, 0.3) is 16.0 Å². The van der Waals surface area contributed by atoms with E-state index in [1.807, 2.05) is 38.2 Å². The Morgan fingerprint density at radius 1 is 1.04 bits per heavy atom. The molecule has 138 valence electrons. The Morgan fingerprint density at radius 3 is 1.50 bits per heavy atom. The summed E-state index contributed by atoms with van der Waals surface area (Å²) in [6.45, 7) is 12.0. The number of allylic oxidation sites excluding steroid dienone is 7. The Kier molecular flexibility index (Phi) is 44.1. The van der Waals surface area contributed by atoms with E-state index in [2.05, 4.69) is 48.5 Å². The molecule has 0 spiro atoms. The Bertz CT molecular complexity index is 301. The predicted octanol–water partition coefficient (Wildman–Crippen LogP) is 6.33. The van der Waals surface area contributed by atoms with Crippen molar-refractivity contribution in [1.82, 2.24) is 0 Å². The van der Waals surface area contributed by atoms with E-state index < -0.39 is 0 Å².